The van der Waals surface area contributed by atoms with Gasteiger partial charge in [-0.1, -0.05) is 41.9 Å². The van der Waals surface area contributed by atoms with Crippen molar-refractivity contribution in [3.05, 3.63) is 98.2 Å². The van der Waals surface area contributed by atoms with Crippen molar-refractivity contribution in [3.63, 3.8) is 0 Å². The van der Waals surface area contributed by atoms with Gasteiger partial charge in [-0.25, -0.2) is 4.79 Å². The topological polar surface area (TPSA) is 121 Å². The highest BCUT2D eigenvalue weighted by molar-refractivity contribution is 6.31. The molecule has 0 atom stereocenters. The van der Waals surface area contributed by atoms with Gasteiger partial charge in [-0.2, -0.15) is 0 Å². The molecule has 40 heavy (non-hydrogen) atoms. The molecule has 4 rings (SSSR count). The molecular weight excluding hydrogens is 536 g/mol. The largest absolute Gasteiger partial charge is 0.497 e. The van der Waals surface area contributed by atoms with Gasteiger partial charge in [0.1, 0.15) is 18.0 Å². The maximum Gasteiger partial charge on any atom is 0.331 e. The van der Waals surface area contributed by atoms with Gasteiger partial charge in [0, 0.05) is 48.4 Å². The molecule has 0 saturated carbocycles. The first-order valence-corrected chi connectivity index (χ1v) is 12.9. The minimum absolute atomic E-state index is 0.0106. The number of para-hydroxylation sites is 1. The van der Waals surface area contributed by atoms with Crippen LogP contribution in [0.2, 0.25) is 5.02 Å². The molecule has 2 amide bonds. The molecule has 0 unspecified atom stereocenters. The zero-order valence-electron chi connectivity index (χ0n) is 22.1. The molecule has 0 aliphatic carbocycles. The van der Waals surface area contributed by atoms with Gasteiger partial charge < -0.3 is 20.1 Å². The second-order valence-electron chi connectivity index (χ2n) is 8.96. The lowest BCUT2D eigenvalue weighted by Gasteiger charge is -2.15. The fourth-order valence-corrected chi connectivity index (χ4v) is 4.47. The van der Waals surface area contributed by atoms with Gasteiger partial charge in [0.25, 0.3) is 5.56 Å². The Labute approximate surface area is 235 Å². The molecule has 3 aromatic carbocycles. The minimum atomic E-state index is -0.640. The number of anilines is 1. The van der Waals surface area contributed by atoms with E-state index in [-0.39, 0.29) is 38.4 Å². The van der Waals surface area contributed by atoms with Gasteiger partial charge in [0.2, 0.25) is 11.8 Å². The molecule has 0 bridgehead atoms. The van der Waals surface area contributed by atoms with Crippen molar-refractivity contribution in [2.24, 2.45) is 0 Å². The molecular formula is C29H29ClN4O6. The van der Waals surface area contributed by atoms with Crippen LogP contribution in [0.4, 0.5) is 5.69 Å². The smallest absolute Gasteiger partial charge is 0.331 e. The van der Waals surface area contributed by atoms with Crippen molar-refractivity contribution in [2.45, 2.75) is 32.5 Å². The molecule has 2 N–H and O–H groups in total. The van der Waals surface area contributed by atoms with Crippen LogP contribution in [0, 0.1) is 0 Å². The predicted molar refractivity (Wildman–Crippen MR) is 153 cm³/mol. The first-order chi connectivity index (χ1) is 19.3. The highest BCUT2D eigenvalue weighted by Gasteiger charge is 2.16. The third-order valence-corrected chi connectivity index (χ3v) is 6.66. The molecule has 0 radical (unpaired) electrons. The van der Waals surface area contributed by atoms with Crippen molar-refractivity contribution in [1.29, 1.82) is 0 Å². The molecule has 10 nitrogen and oxygen atoms in total. The maximum atomic E-state index is 13.4. The molecule has 0 fully saturated rings. The number of halogens is 1. The Morgan fingerprint density at radius 1 is 0.875 bits per heavy atom. The van der Waals surface area contributed by atoms with Crippen LogP contribution in [0.1, 0.15) is 18.4 Å². The lowest BCUT2D eigenvalue weighted by Crippen LogP contribution is -2.42. The number of rotatable bonds is 11. The van der Waals surface area contributed by atoms with Crippen LogP contribution in [0.3, 0.4) is 0 Å². The third-order valence-electron chi connectivity index (χ3n) is 6.29. The Hall–Kier alpha value is -4.57. The van der Waals surface area contributed by atoms with Gasteiger partial charge in [-0.15, -0.1) is 0 Å². The van der Waals surface area contributed by atoms with E-state index in [0.717, 1.165) is 10.1 Å². The number of carbonyl (C=O) groups excluding carboxylic acids is 2. The number of nitrogens with one attached hydrogen (secondary N) is 2. The molecule has 11 heteroatoms. The SMILES string of the molecule is COc1cc(NC(=O)Cn2c(=O)n(CCCC(=O)NCc3ccccc3Cl)c(=O)c3ccccc32)cc(OC)c1. The predicted octanol–water partition coefficient (Wildman–Crippen LogP) is 3.57. The summed E-state index contributed by atoms with van der Waals surface area (Å²) in [5.74, 6) is 0.261. The number of ether oxygens (including phenoxy) is 2. The molecule has 208 valence electrons. The molecule has 4 aromatic rings. The lowest BCUT2D eigenvalue weighted by atomic mass is 10.2. The second kappa shape index (κ2) is 13.0. The van der Waals surface area contributed by atoms with Crippen LogP contribution in [0.25, 0.3) is 10.9 Å². The van der Waals surface area contributed by atoms with Crippen molar-refractivity contribution < 1.29 is 19.1 Å². The number of hydrogen-bond donors (Lipinski definition) is 2. The Morgan fingerprint density at radius 3 is 2.25 bits per heavy atom. The standard InChI is InChI=1S/C29H29ClN4O6/c1-39-21-14-20(15-22(16-21)40-2)32-27(36)18-34-25-11-6-4-9-23(25)28(37)33(29(34)38)13-7-12-26(35)31-17-19-8-3-5-10-24(19)30/h3-6,8-11,14-16H,7,12-13,17-18H2,1-2H3,(H,31,35)(H,32,36). The Bertz CT molecular complexity index is 1640. The minimum Gasteiger partial charge on any atom is -0.497 e. The van der Waals surface area contributed by atoms with Crippen LogP contribution in [-0.4, -0.2) is 35.2 Å². The second-order valence-corrected chi connectivity index (χ2v) is 9.37. The van der Waals surface area contributed by atoms with Crippen LogP contribution in [-0.2, 0) is 29.2 Å². The monoisotopic (exact) mass is 564 g/mol. The number of hydrogen-bond acceptors (Lipinski definition) is 6. The molecule has 1 heterocycles. The van der Waals surface area contributed by atoms with Crippen LogP contribution in [0.5, 0.6) is 11.5 Å². The molecule has 0 saturated heterocycles. The van der Waals surface area contributed by atoms with Crippen LogP contribution in [0.15, 0.2) is 76.3 Å². The maximum absolute atomic E-state index is 13.4. The first kappa shape index (κ1) is 28.4. The van der Waals surface area contributed by atoms with E-state index in [1.165, 1.54) is 18.8 Å². The molecule has 0 aliphatic rings. The average Bonchev–Trinajstić information content (AvgIpc) is 2.96. The Morgan fingerprint density at radius 2 is 1.55 bits per heavy atom. The van der Waals surface area contributed by atoms with Crippen molar-refractivity contribution in [3.8, 4) is 11.5 Å². The highest BCUT2D eigenvalue weighted by atomic mass is 35.5. The summed E-state index contributed by atoms with van der Waals surface area (Å²) in [4.78, 5) is 51.9. The van der Waals surface area contributed by atoms with E-state index in [2.05, 4.69) is 10.6 Å². The Balaban J connectivity index is 1.50. The lowest BCUT2D eigenvalue weighted by molar-refractivity contribution is -0.121. The summed E-state index contributed by atoms with van der Waals surface area (Å²) in [5.41, 5.74) is 0.431. The summed E-state index contributed by atoms with van der Waals surface area (Å²) < 4.78 is 12.8. The van der Waals surface area contributed by atoms with Crippen molar-refractivity contribution in [1.82, 2.24) is 14.5 Å². The highest BCUT2D eigenvalue weighted by Crippen LogP contribution is 2.25. The van der Waals surface area contributed by atoms with E-state index in [4.69, 9.17) is 21.1 Å². The summed E-state index contributed by atoms with van der Waals surface area (Å²) in [7, 11) is 3.00. The van der Waals surface area contributed by atoms with Gasteiger partial charge in [-0.3, -0.25) is 23.5 Å². The van der Waals surface area contributed by atoms with Crippen molar-refractivity contribution in [2.75, 3.05) is 19.5 Å². The Kier molecular flexibility index (Phi) is 9.23. The summed E-state index contributed by atoms with van der Waals surface area (Å²) in [5, 5.41) is 6.39. The number of benzene rings is 3. The zero-order valence-corrected chi connectivity index (χ0v) is 22.9. The van der Waals surface area contributed by atoms with E-state index in [9.17, 15) is 19.2 Å². The first-order valence-electron chi connectivity index (χ1n) is 12.6. The summed E-state index contributed by atoms with van der Waals surface area (Å²) in [6.45, 7) is -0.0519. The van der Waals surface area contributed by atoms with E-state index >= 15 is 0 Å². The van der Waals surface area contributed by atoms with E-state index in [1.807, 2.05) is 12.1 Å². The van der Waals surface area contributed by atoms with E-state index in [1.54, 1.807) is 54.6 Å². The van der Waals surface area contributed by atoms with Gasteiger partial charge in [0.05, 0.1) is 25.1 Å². The number of amides is 2. The van der Waals surface area contributed by atoms with E-state index in [0.29, 0.717) is 33.1 Å². The molecule has 1 aromatic heterocycles. The summed E-state index contributed by atoms with van der Waals surface area (Å²) >= 11 is 6.13. The number of carbonyl (C=O) groups is 2. The molecule has 0 aliphatic heterocycles. The normalized spacial score (nSPS) is 10.8. The zero-order chi connectivity index (χ0) is 28.6. The number of aromatic nitrogens is 2. The summed E-state index contributed by atoms with van der Waals surface area (Å²) in [6, 6.07) is 18.7. The van der Waals surface area contributed by atoms with Crippen molar-refractivity contribution >= 4 is 40.0 Å². The fraction of sp³-hybridized carbons (Fsp3) is 0.241. The summed E-state index contributed by atoms with van der Waals surface area (Å²) in [6.07, 6.45) is 0.346. The van der Waals surface area contributed by atoms with Crippen LogP contribution < -0.4 is 31.4 Å². The third kappa shape index (κ3) is 6.70. The molecule has 0 spiro atoms. The number of fused-ring (bicyclic) bond motifs is 1. The van der Waals surface area contributed by atoms with Gasteiger partial charge >= 0.3 is 5.69 Å². The number of methoxy groups -OCH3 is 2. The van der Waals surface area contributed by atoms with Gasteiger partial charge in [-0.05, 0) is 30.2 Å². The van der Waals surface area contributed by atoms with E-state index < -0.39 is 17.2 Å². The fourth-order valence-electron chi connectivity index (χ4n) is 4.27. The van der Waals surface area contributed by atoms with Crippen LogP contribution >= 0.6 is 11.6 Å². The average molecular weight is 565 g/mol. The number of nitrogens with zero attached hydrogens (tertiary/aromatic N) is 2. The quantitative estimate of drug-likeness (QED) is 0.287. The van der Waals surface area contributed by atoms with Gasteiger partial charge in [0.15, 0.2) is 0 Å².